The van der Waals surface area contributed by atoms with E-state index in [4.69, 9.17) is 14.5 Å². The second-order valence-corrected chi connectivity index (χ2v) is 14.7. The molecular formula is C38H41N5O4S. The average molecular weight is 664 g/mol. The largest absolute Gasteiger partial charge is 0.456 e. The average Bonchev–Trinajstić information content (AvgIpc) is 3.51. The molecule has 48 heavy (non-hydrogen) atoms. The Morgan fingerprint density at radius 3 is 1.79 bits per heavy atom. The predicted molar refractivity (Wildman–Crippen MR) is 187 cm³/mol. The van der Waals surface area contributed by atoms with Crippen LogP contribution in [0.15, 0.2) is 85.3 Å². The normalized spacial score (nSPS) is 11.8. The van der Waals surface area contributed by atoms with Crippen LogP contribution in [0.1, 0.15) is 84.9 Å². The van der Waals surface area contributed by atoms with E-state index in [1.165, 1.54) is 5.56 Å². The van der Waals surface area contributed by atoms with Crippen LogP contribution in [0.2, 0.25) is 0 Å². The Morgan fingerprint density at radius 2 is 1.25 bits per heavy atom. The van der Waals surface area contributed by atoms with Gasteiger partial charge in [0, 0.05) is 38.2 Å². The van der Waals surface area contributed by atoms with Gasteiger partial charge in [-0.05, 0) is 90.4 Å². The van der Waals surface area contributed by atoms with Gasteiger partial charge in [-0.1, -0.05) is 35.9 Å². The van der Waals surface area contributed by atoms with E-state index < -0.39 is 23.1 Å². The van der Waals surface area contributed by atoms with Crippen molar-refractivity contribution in [3.63, 3.8) is 0 Å². The van der Waals surface area contributed by atoms with Crippen LogP contribution in [0.5, 0.6) is 0 Å². The summed E-state index contributed by atoms with van der Waals surface area (Å²) in [7, 11) is 0. The third-order valence-electron chi connectivity index (χ3n) is 6.93. The zero-order chi connectivity index (χ0) is 34.5. The molecule has 248 valence electrons. The minimum absolute atomic E-state index is 0.385. The van der Waals surface area contributed by atoms with Crippen molar-refractivity contribution in [2.24, 2.45) is 0 Å². The van der Waals surface area contributed by atoms with Gasteiger partial charge in [0.15, 0.2) is 0 Å². The molecule has 4 aromatic heterocycles. The van der Waals surface area contributed by atoms with E-state index in [2.05, 4.69) is 51.0 Å². The van der Waals surface area contributed by atoms with E-state index in [0.29, 0.717) is 42.1 Å². The summed E-state index contributed by atoms with van der Waals surface area (Å²) >= 11 is 1.60. The fraction of sp³-hybridized carbons (Fsp3) is 0.316. The molecule has 0 aliphatic rings. The molecule has 9 nitrogen and oxygen atoms in total. The van der Waals surface area contributed by atoms with Crippen LogP contribution in [0.4, 0.5) is 0 Å². The zero-order valence-corrected chi connectivity index (χ0v) is 29.3. The number of rotatable bonds is 10. The molecule has 0 unspecified atom stereocenters. The highest BCUT2D eigenvalue weighted by atomic mass is 32.1. The standard InChI is InChI=1S/C38H41N5O4S/c1-25-11-13-26(14-12-25)33-21-41-34(48-33)32-10-8-9-29(42-32)22-43(23-30-19-27(15-17-39-30)35(44)46-37(2,3)4)24-31-20-28(16-18-40-31)36(45)47-38(5,6)7/h8-21H,22-24H2,1-7H3. The van der Waals surface area contributed by atoms with Crippen molar-refractivity contribution < 1.29 is 19.1 Å². The summed E-state index contributed by atoms with van der Waals surface area (Å²) in [6.07, 6.45) is 5.11. The molecule has 10 heteroatoms. The Morgan fingerprint density at radius 1 is 0.708 bits per heavy atom. The molecule has 0 spiro atoms. The number of hydrogen-bond acceptors (Lipinski definition) is 10. The van der Waals surface area contributed by atoms with Crippen LogP contribution in [0.3, 0.4) is 0 Å². The zero-order valence-electron chi connectivity index (χ0n) is 28.5. The predicted octanol–water partition coefficient (Wildman–Crippen LogP) is 8.08. The van der Waals surface area contributed by atoms with Gasteiger partial charge < -0.3 is 9.47 Å². The summed E-state index contributed by atoms with van der Waals surface area (Å²) in [5.74, 6) is -0.820. The molecule has 5 rings (SSSR count). The van der Waals surface area contributed by atoms with Crippen molar-refractivity contribution in [2.75, 3.05) is 0 Å². The molecule has 0 saturated carbocycles. The van der Waals surface area contributed by atoms with Crippen molar-refractivity contribution in [1.29, 1.82) is 0 Å². The van der Waals surface area contributed by atoms with Crippen LogP contribution in [-0.2, 0) is 29.1 Å². The van der Waals surface area contributed by atoms with Gasteiger partial charge in [0.2, 0.25) is 0 Å². The number of pyridine rings is 3. The minimum atomic E-state index is -0.619. The number of esters is 2. The molecule has 0 radical (unpaired) electrons. The van der Waals surface area contributed by atoms with Gasteiger partial charge in [0.05, 0.1) is 38.8 Å². The molecule has 1 aromatic carbocycles. The van der Waals surface area contributed by atoms with E-state index in [0.717, 1.165) is 26.8 Å². The van der Waals surface area contributed by atoms with Crippen molar-refractivity contribution in [3.05, 3.63) is 119 Å². The fourth-order valence-corrected chi connectivity index (χ4v) is 5.73. The molecule has 0 N–H and O–H groups in total. The second-order valence-electron chi connectivity index (χ2n) is 13.6. The first-order valence-electron chi connectivity index (χ1n) is 15.8. The molecule has 5 aromatic rings. The molecule has 0 bridgehead atoms. The number of aryl methyl sites for hydroxylation is 1. The fourth-order valence-electron chi connectivity index (χ4n) is 4.84. The number of ether oxygens (including phenoxy) is 2. The number of hydrogen-bond donors (Lipinski definition) is 0. The van der Waals surface area contributed by atoms with Crippen LogP contribution in [0.25, 0.3) is 21.1 Å². The summed E-state index contributed by atoms with van der Waals surface area (Å²) in [4.78, 5) is 47.6. The smallest absolute Gasteiger partial charge is 0.338 e. The summed E-state index contributed by atoms with van der Waals surface area (Å²) in [6.45, 7) is 14.3. The first-order chi connectivity index (χ1) is 22.7. The molecule has 0 fully saturated rings. The number of nitrogens with zero attached hydrogens (tertiary/aromatic N) is 5. The van der Waals surface area contributed by atoms with Crippen molar-refractivity contribution in [3.8, 4) is 21.1 Å². The molecule has 0 aliphatic carbocycles. The van der Waals surface area contributed by atoms with Crippen molar-refractivity contribution in [1.82, 2.24) is 24.8 Å². The van der Waals surface area contributed by atoms with Crippen LogP contribution in [0, 0.1) is 6.92 Å². The lowest BCUT2D eigenvalue weighted by atomic mass is 10.1. The molecule has 0 saturated heterocycles. The van der Waals surface area contributed by atoms with E-state index in [9.17, 15) is 9.59 Å². The number of carbonyl (C=O) groups excluding carboxylic acids is 2. The number of thiazole rings is 1. The Hall–Kier alpha value is -4.80. The van der Waals surface area contributed by atoms with E-state index in [-0.39, 0.29) is 0 Å². The highest BCUT2D eigenvalue weighted by Gasteiger charge is 2.21. The second kappa shape index (κ2) is 14.5. The van der Waals surface area contributed by atoms with Gasteiger partial charge >= 0.3 is 11.9 Å². The highest BCUT2D eigenvalue weighted by Crippen LogP contribution is 2.31. The van der Waals surface area contributed by atoms with Crippen LogP contribution < -0.4 is 0 Å². The van der Waals surface area contributed by atoms with Gasteiger partial charge in [0.1, 0.15) is 16.2 Å². The highest BCUT2D eigenvalue weighted by molar-refractivity contribution is 7.18. The van der Waals surface area contributed by atoms with E-state index >= 15 is 0 Å². The molecule has 0 atom stereocenters. The maximum absolute atomic E-state index is 12.8. The summed E-state index contributed by atoms with van der Waals surface area (Å²) in [5.41, 5.74) is 4.91. The minimum Gasteiger partial charge on any atom is -0.456 e. The summed E-state index contributed by atoms with van der Waals surface area (Å²) in [5, 5.41) is 0.831. The van der Waals surface area contributed by atoms with Gasteiger partial charge in [-0.15, -0.1) is 11.3 Å². The number of aromatic nitrogens is 4. The van der Waals surface area contributed by atoms with Gasteiger partial charge in [-0.2, -0.15) is 0 Å². The van der Waals surface area contributed by atoms with Gasteiger partial charge in [0.25, 0.3) is 0 Å². The quantitative estimate of drug-likeness (QED) is 0.137. The topological polar surface area (TPSA) is 107 Å². The monoisotopic (exact) mass is 663 g/mol. The number of benzene rings is 1. The summed E-state index contributed by atoms with van der Waals surface area (Å²) in [6, 6.07) is 21.1. The first kappa shape index (κ1) is 34.5. The first-order valence-corrected chi connectivity index (χ1v) is 16.6. The Kier molecular flexibility index (Phi) is 10.5. The molecular weight excluding hydrogens is 623 g/mol. The van der Waals surface area contributed by atoms with Gasteiger partial charge in [-0.25, -0.2) is 19.6 Å². The number of carbonyl (C=O) groups is 2. The lowest BCUT2D eigenvalue weighted by Crippen LogP contribution is -2.26. The SMILES string of the molecule is Cc1ccc(-c2cnc(-c3cccc(CN(Cc4cc(C(=O)OC(C)(C)C)ccn4)Cc4cc(C(=O)OC(C)(C)C)ccn4)n3)s2)cc1. The van der Waals surface area contributed by atoms with Crippen LogP contribution in [-0.4, -0.2) is 48.0 Å². The van der Waals surface area contributed by atoms with E-state index in [1.54, 1.807) is 48.0 Å². The lowest BCUT2D eigenvalue weighted by molar-refractivity contribution is 0.00568. The maximum Gasteiger partial charge on any atom is 0.338 e. The Labute approximate surface area is 286 Å². The van der Waals surface area contributed by atoms with Crippen LogP contribution >= 0.6 is 11.3 Å². The lowest BCUT2D eigenvalue weighted by Gasteiger charge is -2.23. The summed E-state index contributed by atoms with van der Waals surface area (Å²) < 4.78 is 11.2. The molecule has 0 aliphatic heterocycles. The molecule has 4 heterocycles. The van der Waals surface area contributed by atoms with E-state index in [1.807, 2.05) is 65.9 Å². The van der Waals surface area contributed by atoms with Crippen molar-refractivity contribution in [2.45, 2.75) is 79.3 Å². The van der Waals surface area contributed by atoms with Gasteiger partial charge in [-0.3, -0.25) is 14.9 Å². The Balaban J connectivity index is 1.41. The molecule has 0 amide bonds. The Bertz CT molecular complexity index is 1820. The third-order valence-corrected chi connectivity index (χ3v) is 8.00. The third kappa shape index (κ3) is 9.85. The van der Waals surface area contributed by atoms with Crippen molar-refractivity contribution >= 4 is 23.3 Å². The maximum atomic E-state index is 12.8.